The molecule has 0 saturated heterocycles. The molecule has 2 atom stereocenters. The Morgan fingerprint density at radius 2 is 1.81 bits per heavy atom. The van der Waals surface area contributed by atoms with E-state index in [1.54, 1.807) is 0 Å². The lowest BCUT2D eigenvalue weighted by atomic mass is 10.1. The Labute approximate surface area is 160 Å². The number of nitrogens with two attached hydrogens (primary N) is 1. The van der Waals surface area contributed by atoms with Gasteiger partial charge in [0.2, 0.25) is 5.91 Å². The molecule has 0 aliphatic carbocycles. The Kier molecular flexibility index (Phi) is 10.7. The number of thiol groups is 1. The molecule has 0 bridgehead atoms. The summed E-state index contributed by atoms with van der Waals surface area (Å²) in [6.45, 7) is 1.86. The normalized spacial score (nSPS) is 12.4. The van der Waals surface area contributed by atoms with Gasteiger partial charge in [-0.05, 0) is 6.42 Å². The number of carbonyl (C=O) groups excluding carboxylic acids is 3. The summed E-state index contributed by atoms with van der Waals surface area (Å²) in [5.74, 6) is -4.97. The van der Waals surface area contributed by atoms with Gasteiger partial charge in [0.15, 0.2) is 0 Å². The van der Waals surface area contributed by atoms with Crippen molar-refractivity contribution in [2.75, 3.05) is 18.8 Å². The highest BCUT2D eigenvalue weighted by Gasteiger charge is 2.33. The zero-order chi connectivity index (χ0) is 21.1. The molecule has 0 radical (unpaired) electrons. The first kappa shape index (κ1) is 24.4. The first-order valence-electron chi connectivity index (χ1n) is 7.58. The molecular weight excluding hydrogens is 384 g/mol. The monoisotopic (exact) mass is 406 g/mol. The number of carboxylic acid groups (broad SMARTS) is 2. The van der Waals surface area contributed by atoms with Crippen LogP contribution in [-0.4, -0.2) is 86.1 Å². The highest BCUT2D eigenvalue weighted by atomic mass is 32.1. The van der Waals surface area contributed by atoms with E-state index < -0.39 is 48.4 Å². The SMILES string of the molecule is C=CCN(O)C(=O)N(CC(=O)O)C(=O)C(CS)NC(=O)CCC(N)C(=O)O. The molecule has 12 nitrogen and oxygen atoms in total. The van der Waals surface area contributed by atoms with Crippen molar-refractivity contribution < 1.29 is 39.4 Å². The molecule has 0 spiro atoms. The van der Waals surface area contributed by atoms with Crippen LogP contribution in [0.5, 0.6) is 0 Å². The summed E-state index contributed by atoms with van der Waals surface area (Å²) >= 11 is 3.89. The second-order valence-corrected chi connectivity index (χ2v) is 5.62. The summed E-state index contributed by atoms with van der Waals surface area (Å²) in [5.41, 5.74) is 5.27. The van der Waals surface area contributed by atoms with Crippen LogP contribution in [0.1, 0.15) is 12.8 Å². The van der Waals surface area contributed by atoms with Crippen LogP contribution >= 0.6 is 12.6 Å². The van der Waals surface area contributed by atoms with Gasteiger partial charge in [-0.1, -0.05) is 6.08 Å². The van der Waals surface area contributed by atoms with Gasteiger partial charge in [0.05, 0.1) is 6.54 Å². The number of carboxylic acids is 2. The highest BCUT2D eigenvalue weighted by Crippen LogP contribution is 2.05. The van der Waals surface area contributed by atoms with Gasteiger partial charge >= 0.3 is 18.0 Å². The fourth-order valence-corrected chi connectivity index (χ4v) is 2.01. The summed E-state index contributed by atoms with van der Waals surface area (Å²) in [5, 5.41) is 29.4. The molecule has 0 fully saturated rings. The number of amides is 4. The molecule has 0 saturated carbocycles. The number of imide groups is 1. The maximum Gasteiger partial charge on any atom is 0.351 e. The van der Waals surface area contributed by atoms with Gasteiger partial charge in [-0.2, -0.15) is 12.6 Å². The van der Waals surface area contributed by atoms with Crippen molar-refractivity contribution in [3.05, 3.63) is 12.7 Å². The lowest BCUT2D eigenvalue weighted by Crippen LogP contribution is -2.55. The summed E-state index contributed by atoms with van der Waals surface area (Å²) in [7, 11) is 0. The molecule has 0 aromatic heterocycles. The van der Waals surface area contributed by atoms with Gasteiger partial charge in [-0.15, -0.1) is 6.58 Å². The average molecular weight is 406 g/mol. The smallest absolute Gasteiger partial charge is 0.351 e. The van der Waals surface area contributed by atoms with Crippen LogP contribution in [0, 0.1) is 0 Å². The molecule has 13 heteroatoms. The number of hydrogen-bond acceptors (Lipinski definition) is 8. The number of rotatable bonds is 11. The molecule has 0 aliphatic heterocycles. The van der Waals surface area contributed by atoms with E-state index in [0.29, 0.717) is 0 Å². The molecule has 6 N–H and O–H groups in total. The number of hydrogen-bond donors (Lipinski definition) is 6. The number of nitrogens with zero attached hydrogens (tertiary/aromatic N) is 2. The number of aliphatic carboxylic acids is 2. The molecule has 0 aliphatic rings. The van der Waals surface area contributed by atoms with Gasteiger partial charge in [-0.3, -0.25) is 24.4 Å². The van der Waals surface area contributed by atoms with Gasteiger partial charge in [0.1, 0.15) is 18.6 Å². The molecule has 0 aromatic rings. The largest absolute Gasteiger partial charge is 0.480 e. The Morgan fingerprint density at radius 1 is 1.22 bits per heavy atom. The number of hydroxylamine groups is 2. The van der Waals surface area contributed by atoms with Crippen LogP contribution in [0.3, 0.4) is 0 Å². The molecule has 4 amide bonds. The molecule has 2 unspecified atom stereocenters. The topological polar surface area (TPSA) is 191 Å². The van der Waals surface area contributed by atoms with Crippen LogP contribution in [0.25, 0.3) is 0 Å². The molecular formula is C14H22N4O8S. The van der Waals surface area contributed by atoms with Crippen molar-refractivity contribution >= 4 is 42.4 Å². The van der Waals surface area contributed by atoms with Crippen molar-refractivity contribution in [2.45, 2.75) is 24.9 Å². The van der Waals surface area contributed by atoms with Crippen LogP contribution in [0.2, 0.25) is 0 Å². The maximum absolute atomic E-state index is 12.4. The second-order valence-electron chi connectivity index (χ2n) is 5.26. The Balaban J connectivity index is 5.15. The summed E-state index contributed by atoms with van der Waals surface area (Å²) in [4.78, 5) is 58.1. The van der Waals surface area contributed by atoms with Crippen molar-refractivity contribution in [2.24, 2.45) is 5.73 Å². The van der Waals surface area contributed by atoms with E-state index >= 15 is 0 Å². The first-order valence-corrected chi connectivity index (χ1v) is 8.21. The Hall–Kier alpha value is -2.64. The predicted molar refractivity (Wildman–Crippen MR) is 94.1 cm³/mol. The fraction of sp³-hybridized carbons (Fsp3) is 0.500. The van der Waals surface area contributed by atoms with E-state index in [2.05, 4.69) is 24.5 Å². The van der Waals surface area contributed by atoms with E-state index in [-0.39, 0.29) is 35.1 Å². The number of urea groups is 1. The van der Waals surface area contributed by atoms with E-state index in [0.717, 1.165) is 6.08 Å². The van der Waals surface area contributed by atoms with Crippen LogP contribution in [0.15, 0.2) is 12.7 Å². The summed E-state index contributed by atoms with van der Waals surface area (Å²) < 4.78 is 0. The maximum atomic E-state index is 12.4. The van der Waals surface area contributed by atoms with Gasteiger partial charge in [0.25, 0.3) is 5.91 Å². The van der Waals surface area contributed by atoms with Crippen LogP contribution in [0.4, 0.5) is 4.79 Å². The fourth-order valence-electron chi connectivity index (χ4n) is 1.76. The zero-order valence-electron chi connectivity index (χ0n) is 14.3. The minimum atomic E-state index is -1.53. The van der Waals surface area contributed by atoms with E-state index in [4.69, 9.17) is 15.9 Å². The molecule has 0 aromatic carbocycles. The lowest BCUT2D eigenvalue weighted by Gasteiger charge is -2.27. The van der Waals surface area contributed by atoms with Gasteiger partial charge < -0.3 is 21.3 Å². The van der Waals surface area contributed by atoms with Crippen LogP contribution < -0.4 is 11.1 Å². The van der Waals surface area contributed by atoms with Crippen LogP contribution in [-0.2, 0) is 19.2 Å². The predicted octanol–water partition coefficient (Wildman–Crippen LogP) is -1.50. The molecule has 0 rings (SSSR count). The van der Waals surface area contributed by atoms with E-state index in [1.807, 2.05) is 0 Å². The number of carbonyl (C=O) groups is 5. The third kappa shape index (κ3) is 8.52. The van der Waals surface area contributed by atoms with Crippen molar-refractivity contribution in [1.82, 2.24) is 15.3 Å². The summed E-state index contributed by atoms with van der Waals surface area (Å²) in [6, 6.07) is -3.98. The Bertz CT molecular complexity index is 600. The highest BCUT2D eigenvalue weighted by molar-refractivity contribution is 7.80. The number of nitrogens with one attached hydrogen (secondary N) is 1. The van der Waals surface area contributed by atoms with E-state index in [9.17, 15) is 29.2 Å². The Morgan fingerprint density at radius 3 is 2.26 bits per heavy atom. The van der Waals surface area contributed by atoms with Gasteiger partial charge in [0, 0.05) is 12.2 Å². The van der Waals surface area contributed by atoms with Crippen molar-refractivity contribution in [1.29, 1.82) is 0 Å². The third-order valence-electron chi connectivity index (χ3n) is 3.13. The third-order valence-corrected chi connectivity index (χ3v) is 3.49. The molecule has 0 heterocycles. The van der Waals surface area contributed by atoms with Gasteiger partial charge in [-0.25, -0.2) is 14.8 Å². The quantitative estimate of drug-likeness (QED) is 0.103. The van der Waals surface area contributed by atoms with E-state index in [1.165, 1.54) is 0 Å². The zero-order valence-corrected chi connectivity index (χ0v) is 15.2. The average Bonchev–Trinajstić information content (AvgIpc) is 2.60. The first-order chi connectivity index (χ1) is 12.5. The van der Waals surface area contributed by atoms with Crippen molar-refractivity contribution in [3.63, 3.8) is 0 Å². The standard InChI is InChI=1S/C14H22N4O8S/c1-2-5-18(26)14(25)17(6-11(20)21)12(22)9(7-27)16-10(19)4-3-8(15)13(23)24/h2,8-9,26-27H,1,3-7,15H2,(H,16,19)(H,20,21)(H,23,24). The second kappa shape index (κ2) is 11.9. The molecule has 27 heavy (non-hydrogen) atoms. The molecule has 152 valence electrons. The van der Waals surface area contributed by atoms with Crippen molar-refractivity contribution in [3.8, 4) is 0 Å². The minimum Gasteiger partial charge on any atom is -0.480 e. The summed E-state index contributed by atoms with van der Waals surface area (Å²) in [6.07, 6.45) is 0.627. The minimum absolute atomic E-state index is 0.0805. The lowest BCUT2D eigenvalue weighted by molar-refractivity contribution is -0.145.